The monoisotopic (exact) mass is 204 g/mol. The molecule has 0 saturated carbocycles. The standard InChI is InChI=1S/C8H16N2O2S/c1-13(11,12)10-6-3-8(4-7-10)2-5-9-8/h9H,2-7H2,1H3. The molecule has 2 rings (SSSR count). The van der Waals surface area contributed by atoms with Gasteiger partial charge < -0.3 is 5.32 Å². The van der Waals surface area contributed by atoms with Gasteiger partial charge in [-0.25, -0.2) is 12.7 Å². The van der Waals surface area contributed by atoms with Crippen molar-refractivity contribution in [3.63, 3.8) is 0 Å². The van der Waals surface area contributed by atoms with Gasteiger partial charge in [0.25, 0.3) is 0 Å². The molecule has 2 saturated heterocycles. The summed E-state index contributed by atoms with van der Waals surface area (Å²) >= 11 is 0. The van der Waals surface area contributed by atoms with Crippen LogP contribution in [-0.2, 0) is 10.0 Å². The minimum atomic E-state index is -2.95. The predicted molar refractivity (Wildman–Crippen MR) is 51.0 cm³/mol. The first kappa shape index (κ1) is 9.43. The maximum atomic E-state index is 11.2. The fraction of sp³-hybridized carbons (Fsp3) is 1.00. The molecule has 76 valence electrons. The van der Waals surface area contributed by atoms with Gasteiger partial charge in [-0.15, -0.1) is 0 Å². The summed E-state index contributed by atoms with van der Waals surface area (Å²) in [6, 6.07) is 0. The van der Waals surface area contributed by atoms with Gasteiger partial charge in [0.1, 0.15) is 0 Å². The zero-order valence-electron chi connectivity index (χ0n) is 7.91. The predicted octanol–water partition coefficient (Wildman–Crippen LogP) is -0.226. The molecular weight excluding hydrogens is 188 g/mol. The maximum absolute atomic E-state index is 11.2. The van der Waals surface area contributed by atoms with E-state index in [1.54, 1.807) is 4.31 Å². The molecule has 0 aromatic rings. The summed E-state index contributed by atoms with van der Waals surface area (Å²) in [6.07, 6.45) is 4.45. The summed E-state index contributed by atoms with van der Waals surface area (Å²) in [7, 11) is -2.95. The van der Waals surface area contributed by atoms with Crippen LogP contribution in [-0.4, -0.2) is 44.2 Å². The fourth-order valence-electron chi connectivity index (χ4n) is 2.15. The molecule has 2 heterocycles. The van der Waals surface area contributed by atoms with E-state index < -0.39 is 10.0 Å². The molecular formula is C8H16N2O2S. The Hall–Kier alpha value is -0.130. The highest BCUT2D eigenvalue weighted by Gasteiger charge is 2.40. The Morgan fingerprint density at radius 3 is 2.08 bits per heavy atom. The van der Waals surface area contributed by atoms with Gasteiger partial charge in [-0.2, -0.15) is 0 Å². The first-order chi connectivity index (χ1) is 6.02. The number of piperidine rings is 1. The van der Waals surface area contributed by atoms with Crippen molar-refractivity contribution in [3.05, 3.63) is 0 Å². The van der Waals surface area contributed by atoms with Crippen LogP contribution in [0, 0.1) is 0 Å². The molecule has 0 aromatic carbocycles. The molecule has 5 heteroatoms. The second-order valence-corrected chi connectivity index (χ2v) is 6.10. The van der Waals surface area contributed by atoms with Crippen LogP contribution in [0.15, 0.2) is 0 Å². The van der Waals surface area contributed by atoms with Crippen molar-refractivity contribution in [2.75, 3.05) is 25.9 Å². The molecule has 0 aliphatic carbocycles. The molecule has 0 aromatic heterocycles. The van der Waals surface area contributed by atoms with E-state index in [2.05, 4.69) is 5.32 Å². The number of hydrogen-bond donors (Lipinski definition) is 1. The van der Waals surface area contributed by atoms with Crippen LogP contribution >= 0.6 is 0 Å². The molecule has 0 amide bonds. The van der Waals surface area contributed by atoms with Gasteiger partial charge in [0.05, 0.1) is 6.26 Å². The quantitative estimate of drug-likeness (QED) is 0.642. The lowest BCUT2D eigenvalue weighted by atomic mass is 9.80. The van der Waals surface area contributed by atoms with Crippen LogP contribution in [0.3, 0.4) is 0 Å². The third-order valence-electron chi connectivity index (χ3n) is 3.25. The first-order valence-corrected chi connectivity index (χ1v) is 6.57. The number of rotatable bonds is 1. The smallest absolute Gasteiger partial charge is 0.211 e. The summed E-state index contributed by atoms with van der Waals surface area (Å²) in [5.41, 5.74) is 0.293. The maximum Gasteiger partial charge on any atom is 0.211 e. The van der Waals surface area contributed by atoms with E-state index in [1.807, 2.05) is 0 Å². The van der Waals surface area contributed by atoms with E-state index in [9.17, 15) is 8.42 Å². The number of nitrogens with zero attached hydrogens (tertiary/aromatic N) is 1. The minimum Gasteiger partial charge on any atom is -0.311 e. The van der Waals surface area contributed by atoms with Gasteiger partial charge in [0.15, 0.2) is 0 Å². The van der Waals surface area contributed by atoms with Crippen molar-refractivity contribution in [1.82, 2.24) is 9.62 Å². The van der Waals surface area contributed by atoms with E-state index in [-0.39, 0.29) is 0 Å². The largest absolute Gasteiger partial charge is 0.311 e. The Bertz CT molecular complexity index is 285. The molecule has 4 nitrogen and oxygen atoms in total. The van der Waals surface area contributed by atoms with Crippen LogP contribution in [0.5, 0.6) is 0 Å². The average molecular weight is 204 g/mol. The van der Waals surface area contributed by atoms with Gasteiger partial charge in [-0.05, 0) is 25.8 Å². The van der Waals surface area contributed by atoms with Gasteiger partial charge in [0, 0.05) is 18.6 Å². The average Bonchev–Trinajstić information content (AvgIpc) is 2.00. The number of nitrogens with one attached hydrogen (secondary N) is 1. The van der Waals surface area contributed by atoms with Gasteiger partial charge in [-0.1, -0.05) is 0 Å². The zero-order valence-corrected chi connectivity index (χ0v) is 8.73. The van der Waals surface area contributed by atoms with Crippen LogP contribution in [0.2, 0.25) is 0 Å². The van der Waals surface area contributed by atoms with Crippen LogP contribution in [0.4, 0.5) is 0 Å². The van der Waals surface area contributed by atoms with E-state index >= 15 is 0 Å². The highest BCUT2D eigenvalue weighted by Crippen LogP contribution is 2.31. The highest BCUT2D eigenvalue weighted by molar-refractivity contribution is 7.88. The summed E-state index contributed by atoms with van der Waals surface area (Å²) < 4.78 is 24.0. The molecule has 2 fully saturated rings. The van der Waals surface area contributed by atoms with Gasteiger partial charge in [-0.3, -0.25) is 0 Å². The fourth-order valence-corrected chi connectivity index (χ4v) is 3.00. The molecule has 0 radical (unpaired) electrons. The Labute approximate surface area is 79.4 Å². The van der Waals surface area contributed by atoms with Crippen LogP contribution in [0.25, 0.3) is 0 Å². The Balaban J connectivity index is 1.96. The van der Waals surface area contributed by atoms with Crippen LogP contribution < -0.4 is 5.32 Å². The summed E-state index contributed by atoms with van der Waals surface area (Å²) in [5, 5.41) is 3.41. The van der Waals surface area contributed by atoms with E-state index in [1.165, 1.54) is 12.7 Å². The summed E-state index contributed by atoms with van der Waals surface area (Å²) in [5.74, 6) is 0. The highest BCUT2D eigenvalue weighted by atomic mass is 32.2. The topological polar surface area (TPSA) is 49.4 Å². The van der Waals surface area contributed by atoms with Gasteiger partial charge >= 0.3 is 0 Å². The molecule has 13 heavy (non-hydrogen) atoms. The molecule has 0 unspecified atom stereocenters. The lowest BCUT2D eigenvalue weighted by Crippen LogP contribution is -2.62. The van der Waals surface area contributed by atoms with Crippen molar-refractivity contribution in [2.24, 2.45) is 0 Å². The number of sulfonamides is 1. The molecule has 0 atom stereocenters. The minimum absolute atomic E-state index is 0.293. The molecule has 2 aliphatic rings. The molecule has 2 aliphatic heterocycles. The Morgan fingerprint density at radius 1 is 1.23 bits per heavy atom. The second kappa shape index (κ2) is 2.93. The summed E-state index contributed by atoms with van der Waals surface area (Å²) in [4.78, 5) is 0. The molecule has 1 N–H and O–H groups in total. The van der Waals surface area contributed by atoms with Crippen molar-refractivity contribution in [1.29, 1.82) is 0 Å². The third kappa shape index (κ3) is 1.73. The second-order valence-electron chi connectivity index (χ2n) is 4.12. The lowest BCUT2D eigenvalue weighted by Gasteiger charge is -2.48. The number of hydrogen-bond acceptors (Lipinski definition) is 3. The van der Waals surface area contributed by atoms with Crippen molar-refractivity contribution in [3.8, 4) is 0 Å². The van der Waals surface area contributed by atoms with Gasteiger partial charge in [0.2, 0.25) is 10.0 Å². The van der Waals surface area contributed by atoms with Crippen molar-refractivity contribution in [2.45, 2.75) is 24.8 Å². The first-order valence-electron chi connectivity index (χ1n) is 4.72. The van der Waals surface area contributed by atoms with Crippen molar-refractivity contribution < 1.29 is 8.42 Å². The van der Waals surface area contributed by atoms with E-state index in [0.29, 0.717) is 18.6 Å². The van der Waals surface area contributed by atoms with Crippen molar-refractivity contribution >= 4 is 10.0 Å². The van der Waals surface area contributed by atoms with E-state index in [4.69, 9.17) is 0 Å². The Kier molecular flexibility index (Phi) is 2.13. The zero-order chi connectivity index (χ0) is 9.53. The van der Waals surface area contributed by atoms with E-state index in [0.717, 1.165) is 19.4 Å². The molecule has 1 spiro atoms. The normalized spacial score (nSPS) is 28.7. The Morgan fingerprint density at radius 2 is 1.77 bits per heavy atom. The lowest BCUT2D eigenvalue weighted by molar-refractivity contribution is 0.122. The van der Waals surface area contributed by atoms with Crippen LogP contribution in [0.1, 0.15) is 19.3 Å². The third-order valence-corrected chi connectivity index (χ3v) is 4.56. The molecule has 0 bridgehead atoms. The summed E-state index contributed by atoms with van der Waals surface area (Å²) in [6.45, 7) is 2.47. The SMILES string of the molecule is CS(=O)(=O)N1CCC2(CCN2)CC1.